The third-order valence-electron chi connectivity index (χ3n) is 3.43. The minimum Gasteiger partial charge on any atom is -0.406 e. The van der Waals surface area contributed by atoms with E-state index >= 15 is 0 Å². The van der Waals surface area contributed by atoms with Gasteiger partial charge in [0, 0.05) is 30.4 Å². The molecule has 0 aliphatic carbocycles. The molecular formula is C18H17F3N2O3. The van der Waals surface area contributed by atoms with Gasteiger partial charge in [0.1, 0.15) is 11.5 Å². The molecule has 0 unspecified atom stereocenters. The SMILES string of the molecule is CC(=O)Cc1cc(C(=O)NCc2ccc(OC(F)(F)F)c(C)c2)ccn1. The van der Waals surface area contributed by atoms with Crippen molar-refractivity contribution in [2.45, 2.75) is 33.2 Å². The number of halogens is 3. The van der Waals surface area contributed by atoms with Crippen LogP contribution in [0.4, 0.5) is 13.2 Å². The van der Waals surface area contributed by atoms with Crippen LogP contribution >= 0.6 is 0 Å². The minimum absolute atomic E-state index is 0.0632. The summed E-state index contributed by atoms with van der Waals surface area (Å²) >= 11 is 0. The van der Waals surface area contributed by atoms with Crippen LogP contribution in [0.5, 0.6) is 5.75 Å². The second kappa shape index (κ2) is 7.99. The topological polar surface area (TPSA) is 68.3 Å². The van der Waals surface area contributed by atoms with Gasteiger partial charge >= 0.3 is 6.36 Å². The van der Waals surface area contributed by atoms with Crippen LogP contribution in [0.2, 0.25) is 0 Å². The summed E-state index contributed by atoms with van der Waals surface area (Å²) in [6, 6.07) is 7.21. The van der Waals surface area contributed by atoms with Crippen LogP contribution in [0.3, 0.4) is 0 Å². The summed E-state index contributed by atoms with van der Waals surface area (Å²) in [7, 11) is 0. The zero-order valence-electron chi connectivity index (χ0n) is 14.2. The van der Waals surface area contributed by atoms with E-state index < -0.39 is 6.36 Å². The fourth-order valence-corrected chi connectivity index (χ4v) is 2.32. The Morgan fingerprint density at radius 3 is 2.54 bits per heavy atom. The molecule has 1 aromatic heterocycles. The molecule has 0 radical (unpaired) electrons. The van der Waals surface area contributed by atoms with Gasteiger partial charge in [-0.05, 0) is 43.2 Å². The summed E-state index contributed by atoms with van der Waals surface area (Å²) in [5, 5.41) is 2.68. The molecule has 138 valence electrons. The third-order valence-corrected chi connectivity index (χ3v) is 3.43. The van der Waals surface area contributed by atoms with Crippen molar-refractivity contribution in [3.05, 3.63) is 58.9 Å². The maximum absolute atomic E-state index is 12.3. The first-order valence-electron chi connectivity index (χ1n) is 7.72. The lowest BCUT2D eigenvalue weighted by molar-refractivity contribution is -0.274. The molecule has 0 atom stereocenters. The summed E-state index contributed by atoms with van der Waals surface area (Å²) in [5.41, 5.74) is 1.78. The minimum atomic E-state index is -4.75. The van der Waals surface area contributed by atoms with Crippen molar-refractivity contribution < 1.29 is 27.5 Å². The molecule has 2 aromatic rings. The van der Waals surface area contributed by atoms with Crippen molar-refractivity contribution in [1.29, 1.82) is 0 Å². The van der Waals surface area contributed by atoms with Gasteiger partial charge in [0.05, 0.1) is 0 Å². The van der Waals surface area contributed by atoms with Crippen LogP contribution in [0, 0.1) is 6.92 Å². The molecule has 0 spiro atoms. The van der Waals surface area contributed by atoms with Crippen LogP contribution < -0.4 is 10.1 Å². The summed E-state index contributed by atoms with van der Waals surface area (Å²) in [4.78, 5) is 27.4. The standard InChI is InChI=1S/C18H17F3N2O3/c1-11-7-13(3-4-16(11)26-18(19,20)21)10-23-17(25)14-5-6-22-15(9-14)8-12(2)24/h3-7,9H,8,10H2,1-2H3,(H,23,25). The molecular weight excluding hydrogens is 349 g/mol. The van der Waals surface area contributed by atoms with E-state index in [1.807, 2.05) is 0 Å². The lowest BCUT2D eigenvalue weighted by Gasteiger charge is -2.13. The Labute approximate surface area is 148 Å². The number of Topliss-reactive ketones (excluding diaryl/α,β-unsaturated/α-hetero) is 1. The van der Waals surface area contributed by atoms with Crippen LogP contribution in [0.15, 0.2) is 36.5 Å². The van der Waals surface area contributed by atoms with E-state index in [0.29, 0.717) is 22.4 Å². The summed E-state index contributed by atoms with van der Waals surface area (Å²) in [6.07, 6.45) is -3.17. The molecule has 0 aliphatic rings. The number of alkyl halides is 3. The Morgan fingerprint density at radius 2 is 1.92 bits per heavy atom. The molecule has 0 saturated heterocycles. The second-order valence-corrected chi connectivity index (χ2v) is 5.74. The first-order valence-corrected chi connectivity index (χ1v) is 7.72. The van der Waals surface area contributed by atoms with Gasteiger partial charge in [-0.25, -0.2) is 0 Å². The summed E-state index contributed by atoms with van der Waals surface area (Å²) < 4.78 is 40.7. The number of aryl methyl sites for hydroxylation is 1. The number of hydrogen-bond donors (Lipinski definition) is 1. The molecule has 1 N–H and O–H groups in total. The number of amides is 1. The second-order valence-electron chi connectivity index (χ2n) is 5.74. The molecule has 1 heterocycles. The molecule has 1 aromatic carbocycles. The molecule has 8 heteroatoms. The zero-order chi connectivity index (χ0) is 19.3. The number of benzene rings is 1. The van der Waals surface area contributed by atoms with E-state index in [1.165, 1.54) is 50.4 Å². The number of aromatic nitrogens is 1. The number of rotatable bonds is 6. The highest BCUT2D eigenvalue weighted by Gasteiger charge is 2.31. The lowest BCUT2D eigenvalue weighted by atomic mass is 10.1. The molecule has 0 fully saturated rings. The van der Waals surface area contributed by atoms with Gasteiger partial charge in [-0.3, -0.25) is 14.6 Å². The largest absolute Gasteiger partial charge is 0.573 e. The van der Waals surface area contributed by atoms with E-state index in [1.54, 1.807) is 0 Å². The summed E-state index contributed by atoms with van der Waals surface area (Å²) in [6.45, 7) is 3.06. The molecule has 2 rings (SSSR count). The van der Waals surface area contributed by atoms with Gasteiger partial charge in [0.25, 0.3) is 5.91 Å². The fraction of sp³-hybridized carbons (Fsp3) is 0.278. The quantitative estimate of drug-likeness (QED) is 0.851. The lowest BCUT2D eigenvalue weighted by Crippen LogP contribution is -2.23. The van der Waals surface area contributed by atoms with Crippen molar-refractivity contribution in [3.8, 4) is 5.75 Å². The van der Waals surface area contributed by atoms with Gasteiger partial charge in [-0.2, -0.15) is 0 Å². The summed E-state index contributed by atoms with van der Waals surface area (Å²) in [5.74, 6) is -0.715. The zero-order valence-corrected chi connectivity index (χ0v) is 14.2. The molecule has 5 nitrogen and oxygen atoms in total. The fourth-order valence-electron chi connectivity index (χ4n) is 2.32. The number of carbonyl (C=O) groups is 2. The van der Waals surface area contributed by atoms with Crippen LogP contribution in [0.25, 0.3) is 0 Å². The highest BCUT2D eigenvalue weighted by molar-refractivity contribution is 5.94. The predicted molar refractivity (Wildman–Crippen MR) is 87.7 cm³/mol. The Kier molecular flexibility index (Phi) is 5.97. The number of ether oxygens (including phenoxy) is 1. The van der Waals surface area contributed by atoms with Gasteiger partial charge in [0.2, 0.25) is 0 Å². The monoisotopic (exact) mass is 366 g/mol. The third kappa shape index (κ3) is 5.87. The first-order chi connectivity index (χ1) is 12.1. The Balaban J connectivity index is 2.01. The molecule has 26 heavy (non-hydrogen) atoms. The van der Waals surface area contributed by atoms with Crippen molar-refractivity contribution in [2.75, 3.05) is 0 Å². The van der Waals surface area contributed by atoms with E-state index in [-0.39, 0.29) is 30.4 Å². The van der Waals surface area contributed by atoms with Crippen molar-refractivity contribution in [2.24, 2.45) is 0 Å². The van der Waals surface area contributed by atoms with Crippen LogP contribution in [-0.4, -0.2) is 23.0 Å². The highest BCUT2D eigenvalue weighted by Crippen LogP contribution is 2.26. The number of pyridine rings is 1. The highest BCUT2D eigenvalue weighted by atomic mass is 19.4. The molecule has 0 aliphatic heterocycles. The van der Waals surface area contributed by atoms with E-state index in [0.717, 1.165) is 0 Å². The van der Waals surface area contributed by atoms with Crippen molar-refractivity contribution >= 4 is 11.7 Å². The Hall–Kier alpha value is -2.90. The Morgan fingerprint density at radius 1 is 1.19 bits per heavy atom. The van der Waals surface area contributed by atoms with E-state index in [4.69, 9.17) is 0 Å². The number of nitrogens with one attached hydrogen (secondary N) is 1. The smallest absolute Gasteiger partial charge is 0.406 e. The number of carbonyl (C=O) groups excluding carboxylic acids is 2. The van der Waals surface area contributed by atoms with E-state index in [9.17, 15) is 22.8 Å². The van der Waals surface area contributed by atoms with Gasteiger partial charge in [0.15, 0.2) is 0 Å². The van der Waals surface area contributed by atoms with Gasteiger partial charge in [-0.1, -0.05) is 12.1 Å². The maximum atomic E-state index is 12.3. The molecule has 1 amide bonds. The van der Waals surface area contributed by atoms with Crippen molar-refractivity contribution in [1.82, 2.24) is 10.3 Å². The van der Waals surface area contributed by atoms with E-state index in [2.05, 4.69) is 15.0 Å². The molecule has 0 bridgehead atoms. The predicted octanol–water partition coefficient (Wildman–Crippen LogP) is 3.35. The Bertz CT molecular complexity index is 820. The number of ketones is 1. The van der Waals surface area contributed by atoms with Crippen molar-refractivity contribution in [3.63, 3.8) is 0 Å². The maximum Gasteiger partial charge on any atom is 0.573 e. The first kappa shape index (κ1) is 19.4. The normalized spacial score (nSPS) is 11.1. The van der Waals surface area contributed by atoms with Crippen LogP contribution in [-0.2, 0) is 17.8 Å². The average molecular weight is 366 g/mol. The average Bonchev–Trinajstić information content (AvgIpc) is 2.53. The molecule has 0 saturated carbocycles. The number of hydrogen-bond acceptors (Lipinski definition) is 4. The number of nitrogens with zero attached hydrogens (tertiary/aromatic N) is 1. The van der Waals surface area contributed by atoms with Gasteiger partial charge in [-0.15, -0.1) is 13.2 Å². The van der Waals surface area contributed by atoms with Gasteiger partial charge < -0.3 is 10.1 Å². The van der Waals surface area contributed by atoms with Crippen LogP contribution in [0.1, 0.15) is 34.1 Å².